The van der Waals surface area contributed by atoms with Crippen molar-refractivity contribution in [3.63, 3.8) is 0 Å². The standard InChI is InChI=1S/C13H25N2O3P/c1-10(2)15(11(3)4)19(16)18-9-13(7-14)12-5-6-17-8-12/h10-13,16H,5-6,8-9H2,1-4H3. The van der Waals surface area contributed by atoms with Crippen LogP contribution in [0, 0.1) is 23.2 Å². The van der Waals surface area contributed by atoms with Crippen molar-refractivity contribution < 1.29 is 14.2 Å². The molecule has 0 radical (unpaired) electrons. The van der Waals surface area contributed by atoms with Crippen LogP contribution in [0.15, 0.2) is 0 Å². The fourth-order valence-corrected chi connectivity index (χ4v) is 3.57. The molecule has 0 bridgehead atoms. The molecule has 1 saturated heterocycles. The molecule has 1 heterocycles. The Balaban J connectivity index is 2.47. The third-order valence-electron chi connectivity index (χ3n) is 3.33. The fourth-order valence-electron chi connectivity index (χ4n) is 2.35. The van der Waals surface area contributed by atoms with Crippen molar-refractivity contribution in [1.82, 2.24) is 4.67 Å². The van der Waals surface area contributed by atoms with Gasteiger partial charge in [-0.1, -0.05) is 0 Å². The summed E-state index contributed by atoms with van der Waals surface area (Å²) >= 11 is 0. The van der Waals surface area contributed by atoms with Gasteiger partial charge in [0.2, 0.25) is 0 Å². The van der Waals surface area contributed by atoms with Crippen LogP contribution in [0.25, 0.3) is 0 Å². The zero-order chi connectivity index (χ0) is 14.4. The summed E-state index contributed by atoms with van der Waals surface area (Å²) in [6.07, 6.45) is 0.906. The molecule has 3 atom stereocenters. The number of nitrogens with zero attached hydrogens (tertiary/aromatic N) is 2. The Morgan fingerprint density at radius 3 is 2.47 bits per heavy atom. The van der Waals surface area contributed by atoms with Gasteiger partial charge < -0.3 is 14.2 Å². The van der Waals surface area contributed by atoms with Crippen molar-refractivity contribution in [1.29, 1.82) is 5.26 Å². The summed E-state index contributed by atoms with van der Waals surface area (Å²) in [6, 6.07) is 2.70. The van der Waals surface area contributed by atoms with E-state index in [0.717, 1.165) is 13.0 Å². The van der Waals surface area contributed by atoms with Gasteiger partial charge in [-0.3, -0.25) is 0 Å². The van der Waals surface area contributed by atoms with Crippen molar-refractivity contribution in [2.24, 2.45) is 11.8 Å². The highest BCUT2D eigenvalue weighted by Gasteiger charge is 2.29. The predicted molar refractivity (Wildman–Crippen MR) is 75.2 cm³/mol. The van der Waals surface area contributed by atoms with Gasteiger partial charge in [0.15, 0.2) is 0 Å². The lowest BCUT2D eigenvalue weighted by Crippen LogP contribution is -2.33. The van der Waals surface area contributed by atoms with Crippen LogP contribution in [-0.2, 0) is 9.26 Å². The van der Waals surface area contributed by atoms with Gasteiger partial charge in [-0.05, 0) is 34.1 Å². The van der Waals surface area contributed by atoms with Gasteiger partial charge in [-0.2, -0.15) is 5.26 Å². The molecule has 0 aliphatic carbocycles. The fraction of sp³-hybridized carbons (Fsp3) is 0.923. The van der Waals surface area contributed by atoms with Gasteiger partial charge in [0.1, 0.15) is 0 Å². The first-order valence-electron chi connectivity index (χ1n) is 6.84. The average Bonchev–Trinajstić information content (AvgIpc) is 2.82. The third kappa shape index (κ3) is 4.98. The van der Waals surface area contributed by atoms with Gasteiger partial charge in [0.05, 0.1) is 25.2 Å². The number of hydrogen-bond donors (Lipinski definition) is 1. The molecule has 6 heteroatoms. The zero-order valence-corrected chi connectivity index (χ0v) is 13.1. The predicted octanol–water partition coefficient (Wildman–Crippen LogP) is 2.52. The van der Waals surface area contributed by atoms with Gasteiger partial charge in [-0.25, -0.2) is 4.67 Å². The number of nitriles is 1. The maximum absolute atomic E-state index is 10.2. The van der Waals surface area contributed by atoms with Crippen molar-refractivity contribution in [2.45, 2.75) is 46.2 Å². The van der Waals surface area contributed by atoms with E-state index in [1.165, 1.54) is 0 Å². The normalized spacial score (nSPS) is 23.0. The Kier molecular flexibility index (Phi) is 7.20. The van der Waals surface area contributed by atoms with E-state index in [2.05, 4.69) is 6.07 Å². The first kappa shape index (κ1) is 16.8. The van der Waals surface area contributed by atoms with Gasteiger partial charge in [-0.15, -0.1) is 0 Å². The molecule has 0 amide bonds. The Hall–Kier alpha value is -0.240. The van der Waals surface area contributed by atoms with Gasteiger partial charge >= 0.3 is 0 Å². The lowest BCUT2D eigenvalue weighted by atomic mass is 9.94. The second-order valence-electron chi connectivity index (χ2n) is 5.48. The maximum atomic E-state index is 10.2. The van der Waals surface area contributed by atoms with Crippen LogP contribution in [0.2, 0.25) is 0 Å². The van der Waals surface area contributed by atoms with Crippen molar-refractivity contribution >= 4 is 8.53 Å². The van der Waals surface area contributed by atoms with Gasteiger partial charge in [0.25, 0.3) is 8.53 Å². The van der Waals surface area contributed by atoms with E-state index in [1.807, 2.05) is 32.4 Å². The van der Waals surface area contributed by atoms with E-state index in [-0.39, 0.29) is 30.5 Å². The number of hydrogen-bond acceptors (Lipinski definition) is 5. The molecule has 110 valence electrons. The molecule has 0 saturated carbocycles. The molecule has 0 spiro atoms. The Morgan fingerprint density at radius 1 is 1.42 bits per heavy atom. The number of rotatable bonds is 7. The molecule has 1 aliphatic rings. The number of ether oxygens (including phenoxy) is 1. The molecule has 0 aromatic carbocycles. The lowest BCUT2D eigenvalue weighted by Gasteiger charge is -2.33. The molecule has 1 rings (SSSR count). The summed E-state index contributed by atoms with van der Waals surface area (Å²) in [7, 11) is -1.63. The second-order valence-corrected chi connectivity index (χ2v) is 6.70. The van der Waals surface area contributed by atoms with E-state index in [1.54, 1.807) is 0 Å². The Labute approximate surface area is 117 Å². The van der Waals surface area contributed by atoms with Crippen LogP contribution in [0.5, 0.6) is 0 Å². The molecule has 1 fully saturated rings. The van der Waals surface area contributed by atoms with Crippen LogP contribution < -0.4 is 0 Å². The monoisotopic (exact) mass is 288 g/mol. The van der Waals surface area contributed by atoms with Crippen LogP contribution in [0.3, 0.4) is 0 Å². The van der Waals surface area contributed by atoms with E-state index in [0.29, 0.717) is 6.61 Å². The first-order chi connectivity index (χ1) is 8.97. The highest BCUT2D eigenvalue weighted by Crippen LogP contribution is 2.41. The van der Waals surface area contributed by atoms with E-state index < -0.39 is 8.53 Å². The Bertz CT molecular complexity index is 293. The minimum absolute atomic E-state index is 0.194. The molecular formula is C13H25N2O3P. The quantitative estimate of drug-likeness (QED) is 0.729. The van der Waals surface area contributed by atoms with Gasteiger partial charge in [0, 0.05) is 24.6 Å². The van der Waals surface area contributed by atoms with Crippen molar-refractivity contribution in [3.05, 3.63) is 0 Å². The minimum Gasteiger partial charge on any atom is -0.381 e. The molecule has 19 heavy (non-hydrogen) atoms. The Morgan fingerprint density at radius 2 is 2.05 bits per heavy atom. The van der Waals surface area contributed by atoms with Crippen LogP contribution in [0.4, 0.5) is 0 Å². The van der Waals surface area contributed by atoms with Crippen molar-refractivity contribution in [3.8, 4) is 6.07 Å². The summed E-state index contributed by atoms with van der Waals surface area (Å²) in [5.74, 6) is 0.0424. The summed E-state index contributed by atoms with van der Waals surface area (Å²) in [6.45, 7) is 9.75. The molecule has 1 N–H and O–H groups in total. The zero-order valence-electron chi connectivity index (χ0n) is 12.2. The molecule has 1 aliphatic heterocycles. The summed E-state index contributed by atoms with van der Waals surface area (Å²) in [4.78, 5) is 10.2. The summed E-state index contributed by atoms with van der Waals surface area (Å²) in [5, 5.41) is 9.18. The van der Waals surface area contributed by atoms with Crippen LogP contribution >= 0.6 is 8.53 Å². The lowest BCUT2D eigenvalue weighted by molar-refractivity contribution is 0.154. The summed E-state index contributed by atoms with van der Waals surface area (Å²) < 4.78 is 12.8. The highest BCUT2D eigenvalue weighted by molar-refractivity contribution is 7.43. The maximum Gasteiger partial charge on any atom is 0.256 e. The SMILES string of the molecule is CC(C)N(C(C)C)P(O)OCC(C#N)C1CCOC1. The topological polar surface area (TPSA) is 65.7 Å². The third-order valence-corrected chi connectivity index (χ3v) is 5.02. The second kappa shape index (κ2) is 8.14. The molecule has 0 aromatic heterocycles. The van der Waals surface area contributed by atoms with E-state index in [9.17, 15) is 10.2 Å². The molecule has 5 nitrogen and oxygen atoms in total. The van der Waals surface area contributed by atoms with E-state index in [4.69, 9.17) is 9.26 Å². The molecule has 0 aromatic rings. The average molecular weight is 288 g/mol. The first-order valence-corrected chi connectivity index (χ1v) is 8.01. The largest absolute Gasteiger partial charge is 0.381 e. The van der Waals surface area contributed by atoms with Crippen LogP contribution in [-0.4, -0.2) is 41.5 Å². The smallest absolute Gasteiger partial charge is 0.256 e. The minimum atomic E-state index is -1.63. The highest BCUT2D eigenvalue weighted by atomic mass is 31.2. The van der Waals surface area contributed by atoms with Crippen molar-refractivity contribution in [2.75, 3.05) is 19.8 Å². The summed E-state index contributed by atoms with van der Waals surface area (Å²) in [5.41, 5.74) is 0. The van der Waals surface area contributed by atoms with E-state index >= 15 is 0 Å². The molecular weight excluding hydrogens is 263 g/mol. The molecule has 3 unspecified atom stereocenters. The van der Waals surface area contributed by atoms with Crippen LogP contribution in [0.1, 0.15) is 34.1 Å².